The molecule has 0 atom stereocenters. The van der Waals surface area contributed by atoms with E-state index in [1.54, 1.807) is 0 Å². The Hall–Kier alpha value is -1.99. The van der Waals surface area contributed by atoms with Crippen molar-refractivity contribution in [2.24, 2.45) is 0 Å². The minimum Gasteiger partial charge on any atom is -0.478 e. The molecule has 0 aliphatic carbocycles. The number of benzene rings is 1. The lowest BCUT2D eigenvalue weighted by Gasteiger charge is -2.09. The molecule has 0 saturated heterocycles. The van der Waals surface area contributed by atoms with Crippen LogP contribution in [-0.4, -0.2) is 43.9 Å². The predicted molar refractivity (Wildman–Crippen MR) is 64.7 cm³/mol. The summed E-state index contributed by atoms with van der Waals surface area (Å²) in [5, 5.41) is 11.2. The van der Waals surface area contributed by atoms with Gasteiger partial charge < -0.3 is 19.9 Å². The van der Waals surface area contributed by atoms with Crippen LogP contribution in [0.3, 0.4) is 0 Å². The number of hydrogen-bond acceptors (Lipinski definition) is 4. The first-order chi connectivity index (χ1) is 9.04. The Morgan fingerprint density at radius 1 is 1.37 bits per heavy atom. The first kappa shape index (κ1) is 15.1. The molecule has 1 rings (SSSR count). The normalized spacial score (nSPS) is 10.2. The van der Waals surface area contributed by atoms with Gasteiger partial charge >= 0.3 is 5.97 Å². The third-order valence-electron chi connectivity index (χ3n) is 2.15. The number of halogens is 1. The van der Waals surface area contributed by atoms with Gasteiger partial charge in [0.1, 0.15) is 12.4 Å². The topological polar surface area (TPSA) is 84.9 Å². The summed E-state index contributed by atoms with van der Waals surface area (Å²) < 4.78 is 22.7. The van der Waals surface area contributed by atoms with Gasteiger partial charge in [-0.1, -0.05) is 0 Å². The van der Waals surface area contributed by atoms with Crippen molar-refractivity contribution < 1.29 is 28.6 Å². The van der Waals surface area contributed by atoms with Crippen LogP contribution in [0.4, 0.5) is 10.1 Å². The molecular formula is C12H14FNO5. The zero-order chi connectivity index (χ0) is 14.3. The van der Waals surface area contributed by atoms with Gasteiger partial charge in [-0.25, -0.2) is 9.18 Å². The van der Waals surface area contributed by atoms with E-state index >= 15 is 0 Å². The van der Waals surface area contributed by atoms with Crippen molar-refractivity contribution in [2.75, 3.05) is 32.2 Å². The molecule has 104 valence electrons. The Morgan fingerprint density at radius 2 is 2.11 bits per heavy atom. The Labute approximate surface area is 109 Å². The lowest BCUT2D eigenvalue weighted by Crippen LogP contribution is -2.21. The van der Waals surface area contributed by atoms with Gasteiger partial charge in [0.25, 0.3) is 0 Å². The fourth-order valence-corrected chi connectivity index (χ4v) is 1.30. The monoisotopic (exact) mass is 271 g/mol. The second kappa shape index (κ2) is 7.45. The number of anilines is 1. The second-order valence-corrected chi connectivity index (χ2v) is 3.59. The number of methoxy groups -OCH3 is 1. The Kier molecular flexibility index (Phi) is 5.91. The minimum absolute atomic E-state index is 0.104. The van der Waals surface area contributed by atoms with Crippen molar-refractivity contribution in [1.29, 1.82) is 0 Å². The van der Waals surface area contributed by atoms with E-state index in [0.29, 0.717) is 6.61 Å². The average Bonchev–Trinajstić information content (AvgIpc) is 2.34. The molecule has 0 unspecified atom stereocenters. The third-order valence-corrected chi connectivity index (χ3v) is 2.15. The van der Waals surface area contributed by atoms with E-state index in [0.717, 1.165) is 18.2 Å². The first-order valence-electron chi connectivity index (χ1n) is 5.44. The minimum atomic E-state index is -1.25. The summed E-state index contributed by atoms with van der Waals surface area (Å²) >= 11 is 0. The number of rotatable bonds is 7. The number of amides is 1. The molecule has 7 heteroatoms. The van der Waals surface area contributed by atoms with Crippen LogP contribution in [0.2, 0.25) is 0 Å². The van der Waals surface area contributed by atoms with Gasteiger partial charge in [0.05, 0.1) is 24.5 Å². The van der Waals surface area contributed by atoms with Gasteiger partial charge in [-0.05, 0) is 18.2 Å². The van der Waals surface area contributed by atoms with Crippen LogP contribution in [0.1, 0.15) is 10.4 Å². The molecule has 1 amide bonds. The van der Waals surface area contributed by atoms with Crippen LogP contribution in [-0.2, 0) is 14.3 Å². The average molecular weight is 271 g/mol. The van der Waals surface area contributed by atoms with E-state index in [2.05, 4.69) is 5.32 Å². The zero-order valence-electron chi connectivity index (χ0n) is 10.3. The maximum Gasteiger partial charge on any atom is 0.337 e. The van der Waals surface area contributed by atoms with Crippen LogP contribution in [0.25, 0.3) is 0 Å². The molecule has 19 heavy (non-hydrogen) atoms. The van der Waals surface area contributed by atoms with Crippen LogP contribution >= 0.6 is 0 Å². The molecule has 6 nitrogen and oxygen atoms in total. The van der Waals surface area contributed by atoms with Crippen LogP contribution in [0.5, 0.6) is 0 Å². The first-order valence-corrected chi connectivity index (χ1v) is 5.44. The highest BCUT2D eigenvalue weighted by atomic mass is 19.1. The molecule has 0 fully saturated rings. The van der Waals surface area contributed by atoms with E-state index in [9.17, 15) is 14.0 Å². The van der Waals surface area contributed by atoms with Gasteiger partial charge in [-0.2, -0.15) is 0 Å². The summed E-state index contributed by atoms with van der Waals surface area (Å²) in [6.45, 7) is 0.311. The highest BCUT2D eigenvalue weighted by Gasteiger charge is 2.13. The number of carbonyl (C=O) groups excluding carboxylic acids is 1. The zero-order valence-corrected chi connectivity index (χ0v) is 10.3. The van der Waals surface area contributed by atoms with Gasteiger partial charge in [-0.15, -0.1) is 0 Å². The molecule has 0 spiro atoms. The van der Waals surface area contributed by atoms with E-state index < -0.39 is 17.7 Å². The molecule has 2 N–H and O–H groups in total. The number of carboxylic acids is 1. The van der Waals surface area contributed by atoms with Gasteiger partial charge in [0.2, 0.25) is 5.91 Å². The molecule has 0 bridgehead atoms. The standard InChI is InChI=1S/C12H14FNO5/c1-18-4-5-19-7-11(15)14-10-6-8(13)2-3-9(10)12(16)17/h2-3,6H,4-5,7H2,1H3,(H,14,15)(H,16,17). The van der Waals surface area contributed by atoms with Crippen molar-refractivity contribution in [3.05, 3.63) is 29.6 Å². The predicted octanol–water partition coefficient (Wildman–Crippen LogP) is 1.13. The molecule has 0 saturated carbocycles. The van der Waals surface area contributed by atoms with E-state index in [1.807, 2.05) is 0 Å². The van der Waals surface area contributed by atoms with Crippen molar-refractivity contribution in [1.82, 2.24) is 0 Å². The molecule has 0 heterocycles. The van der Waals surface area contributed by atoms with Crippen molar-refractivity contribution in [3.8, 4) is 0 Å². The smallest absolute Gasteiger partial charge is 0.337 e. The highest BCUT2D eigenvalue weighted by Crippen LogP contribution is 2.17. The number of carbonyl (C=O) groups is 2. The summed E-state index contributed by atoms with van der Waals surface area (Å²) in [5.41, 5.74) is -0.292. The van der Waals surface area contributed by atoms with Gasteiger partial charge in [0.15, 0.2) is 0 Å². The molecule has 0 aromatic heterocycles. The SMILES string of the molecule is COCCOCC(=O)Nc1cc(F)ccc1C(=O)O. The Bertz CT molecular complexity index is 463. The van der Waals surface area contributed by atoms with Crippen LogP contribution in [0.15, 0.2) is 18.2 Å². The molecule has 0 radical (unpaired) electrons. The van der Waals surface area contributed by atoms with E-state index in [1.165, 1.54) is 7.11 Å². The lowest BCUT2D eigenvalue weighted by molar-refractivity contribution is -0.121. The largest absolute Gasteiger partial charge is 0.478 e. The van der Waals surface area contributed by atoms with Crippen LogP contribution < -0.4 is 5.32 Å². The fourth-order valence-electron chi connectivity index (χ4n) is 1.30. The summed E-state index contributed by atoms with van der Waals surface area (Å²) in [6.07, 6.45) is 0. The third kappa shape index (κ3) is 5.02. The summed E-state index contributed by atoms with van der Waals surface area (Å²) in [7, 11) is 1.50. The number of aromatic carboxylic acids is 1. The van der Waals surface area contributed by atoms with Crippen LogP contribution in [0, 0.1) is 5.82 Å². The summed E-state index contributed by atoms with van der Waals surface area (Å²) in [6, 6.07) is 3.03. The molecule has 0 aliphatic heterocycles. The van der Waals surface area contributed by atoms with E-state index in [4.69, 9.17) is 14.6 Å². The van der Waals surface area contributed by atoms with Crippen molar-refractivity contribution >= 4 is 17.6 Å². The number of hydrogen-bond donors (Lipinski definition) is 2. The lowest BCUT2D eigenvalue weighted by atomic mass is 10.1. The Morgan fingerprint density at radius 3 is 2.74 bits per heavy atom. The quantitative estimate of drug-likeness (QED) is 0.726. The summed E-state index contributed by atoms with van der Waals surface area (Å²) in [5.74, 6) is -2.46. The maximum atomic E-state index is 13.0. The molecular weight excluding hydrogens is 257 g/mol. The number of nitrogens with one attached hydrogen (secondary N) is 1. The van der Waals surface area contributed by atoms with Gasteiger partial charge in [0, 0.05) is 7.11 Å². The van der Waals surface area contributed by atoms with E-state index in [-0.39, 0.29) is 24.5 Å². The molecule has 1 aromatic carbocycles. The fraction of sp³-hybridized carbons (Fsp3) is 0.333. The van der Waals surface area contributed by atoms with Crippen molar-refractivity contribution in [3.63, 3.8) is 0 Å². The van der Waals surface area contributed by atoms with Gasteiger partial charge in [-0.3, -0.25) is 4.79 Å². The summed E-state index contributed by atoms with van der Waals surface area (Å²) in [4.78, 5) is 22.4. The highest BCUT2D eigenvalue weighted by molar-refractivity contribution is 6.00. The molecule has 1 aromatic rings. The number of carboxylic acid groups (broad SMARTS) is 1. The Balaban J connectivity index is 2.62. The number of ether oxygens (including phenoxy) is 2. The maximum absolute atomic E-state index is 13.0. The molecule has 0 aliphatic rings. The van der Waals surface area contributed by atoms with Crippen molar-refractivity contribution in [2.45, 2.75) is 0 Å². The second-order valence-electron chi connectivity index (χ2n) is 3.59.